The van der Waals surface area contributed by atoms with Gasteiger partial charge >= 0.3 is 0 Å². The Kier molecular flexibility index (Phi) is 3.08. The summed E-state index contributed by atoms with van der Waals surface area (Å²) >= 11 is 2.27. The number of sulfonamides is 1. The van der Waals surface area contributed by atoms with Gasteiger partial charge in [0.15, 0.2) is 10.8 Å². The molecule has 12 heteroatoms. The molecular weight excluding hydrogens is 322 g/mol. The molecule has 20 heavy (non-hydrogen) atoms. The Balaban J connectivity index is 2.10. The second-order valence-electron chi connectivity index (χ2n) is 3.72. The van der Waals surface area contributed by atoms with Crippen molar-refractivity contribution in [1.82, 2.24) is 18.7 Å². The van der Waals surface area contributed by atoms with E-state index in [0.717, 1.165) is 11.5 Å². The molecule has 0 aromatic carbocycles. The second kappa shape index (κ2) is 4.66. The first kappa shape index (κ1) is 13.2. The topological polar surface area (TPSA) is 127 Å². The molecule has 0 spiro atoms. The molecule has 3 aromatic rings. The van der Waals surface area contributed by atoms with E-state index in [2.05, 4.69) is 24.5 Å². The Morgan fingerprint density at radius 1 is 1.40 bits per heavy atom. The Labute approximate surface area is 121 Å². The van der Waals surface area contributed by atoms with Gasteiger partial charge in [0.05, 0.1) is 0 Å². The summed E-state index contributed by atoms with van der Waals surface area (Å²) in [7, 11) is -3.87. The van der Waals surface area contributed by atoms with Crippen LogP contribution in [0.5, 0.6) is 0 Å². The van der Waals surface area contributed by atoms with Gasteiger partial charge in [0, 0.05) is 23.1 Å². The second-order valence-corrected chi connectivity index (χ2v) is 6.94. The molecule has 0 fully saturated rings. The van der Waals surface area contributed by atoms with Crippen molar-refractivity contribution >= 4 is 48.8 Å². The molecule has 0 unspecified atom stereocenters. The predicted molar refractivity (Wildman–Crippen MR) is 76.3 cm³/mol. The monoisotopic (exact) mass is 331 g/mol. The standard InChI is InChI=1S/C8H9N7O2S3/c1-4-10-7(19-13-4)14-20(16,17)6-5(12-9)11-8-15(6)2-3-18-8/h2-3,12H,9H2,1H3,(H,10,13,14). The van der Waals surface area contributed by atoms with Crippen LogP contribution in [0.4, 0.5) is 10.9 Å². The van der Waals surface area contributed by atoms with E-state index in [4.69, 9.17) is 5.84 Å². The third-order valence-electron chi connectivity index (χ3n) is 2.36. The van der Waals surface area contributed by atoms with Crippen LogP contribution >= 0.6 is 22.9 Å². The minimum Gasteiger partial charge on any atom is -0.306 e. The number of nitrogens with zero attached hydrogens (tertiary/aromatic N) is 4. The molecule has 3 heterocycles. The van der Waals surface area contributed by atoms with E-state index in [1.807, 2.05) is 0 Å². The number of rotatable bonds is 4. The zero-order chi connectivity index (χ0) is 14.3. The van der Waals surface area contributed by atoms with Crippen LogP contribution in [0.2, 0.25) is 0 Å². The van der Waals surface area contributed by atoms with Crippen LogP contribution in [0.25, 0.3) is 4.96 Å². The first-order valence-corrected chi connectivity index (χ1v) is 8.40. The summed E-state index contributed by atoms with van der Waals surface area (Å²) in [5.41, 5.74) is 2.29. The van der Waals surface area contributed by atoms with Gasteiger partial charge < -0.3 is 5.43 Å². The first-order chi connectivity index (χ1) is 9.51. The molecule has 0 saturated heterocycles. The summed E-state index contributed by atoms with van der Waals surface area (Å²) < 4.78 is 32.6. The lowest BCUT2D eigenvalue weighted by molar-refractivity contribution is 0.597. The molecule has 0 aliphatic carbocycles. The van der Waals surface area contributed by atoms with E-state index >= 15 is 0 Å². The van der Waals surface area contributed by atoms with Crippen molar-refractivity contribution in [3.63, 3.8) is 0 Å². The number of hydrogen-bond donors (Lipinski definition) is 3. The number of fused-ring (bicyclic) bond motifs is 1. The number of hydrazine groups is 1. The summed E-state index contributed by atoms with van der Waals surface area (Å²) in [5.74, 6) is 5.90. The van der Waals surface area contributed by atoms with Crippen molar-refractivity contribution in [2.45, 2.75) is 11.9 Å². The maximum atomic E-state index is 12.4. The van der Waals surface area contributed by atoms with E-state index in [1.165, 1.54) is 15.7 Å². The third-order valence-corrected chi connectivity index (χ3v) is 5.33. The highest BCUT2D eigenvalue weighted by Gasteiger charge is 2.26. The summed E-state index contributed by atoms with van der Waals surface area (Å²) in [6, 6.07) is 0. The average molecular weight is 331 g/mol. The molecule has 9 nitrogen and oxygen atoms in total. The molecule has 3 aromatic heterocycles. The van der Waals surface area contributed by atoms with Crippen LogP contribution in [-0.2, 0) is 10.0 Å². The lowest BCUT2D eigenvalue weighted by atomic mass is 10.7. The van der Waals surface area contributed by atoms with E-state index in [9.17, 15) is 8.42 Å². The largest absolute Gasteiger partial charge is 0.306 e. The maximum absolute atomic E-state index is 12.4. The van der Waals surface area contributed by atoms with Gasteiger partial charge in [0.2, 0.25) is 10.2 Å². The van der Waals surface area contributed by atoms with Gasteiger partial charge in [0.1, 0.15) is 5.82 Å². The molecule has 0 bridgehead atoms. The van der Waals surface area contributed by atoms with Crippen molar-refractivity contribution in [1.29, 1.82) is 0 Å². The predicted octanol–water partition coefficient (Wildman–Crippen LogP) is 0.642. The van der Waals surface area contributed by atoms with Crippen molar-refractivity contribution in [3.05, 3.63) is 17.4 Å². The van der Waals surface area contributed by atoms with Gasteiger partial charge in [0.25, 0.3) is 10.0 Å². The van der Waals surface area contributed by atoms with Crippen molar-refractivity contribution in [2.24, 2.45) is 5.84 Å². The number of aryl methyl sites for hydroxylation is 1. The Morgan fingerprint density at radius 2 is 2.20 bits per heavy atom. The molecule has 0 atom stereocenters. The summed E-state index contributed by atoms with van der Waals surface area (Å²) in [6.45, 7) is 1.68. The Bertz CT molecular complexity index is 862. The number of hydrogen-bond acceptors (Lipinski definition) is 9. The average Bonchev–Trinajstić information content (AvgIpc) is 3.02. The van der Waals surface area contributed by atoms with Crippen LogP contribution in [0.15, 0.2) is 16.6 Å². The molecule has 0 saturated carbocycles. The van der Waals surface area contributed by atoms with Crippen molar-refractivity contribution < 1.29 is 8.42 Å². The lowest BCUT2D eigenvalue weighted by Gasteiger charge is -2.05. The molecule has 0 aliphatic rings. The van der Waals surface area contributed by atoms with Gasteiger partial charge in [-0.25, -0.2) is 10.8 Å². The number of aromatic nitrogens is 4. The van der Waals surface area contributed by atoms with Gasteiger partial charge in [-0.3, -0.25) is 9.12 Å². The fourth-order valence-electron chi connectivity index (χ4n) is 1.62. The van der Waals surface area contributed by atoms with Crippen LogP contribution in [0.1, 0.15) is 5.82 Å². The number of imidazole rings is 1. The van der Waals surface area contributed by atoms with Gasteiger partial charge in [-0.2, -0.15) is 17.8 Å². The highest BCUT2D eigenvalue weighted by Crippen LogP contribution is 2.27. The minimum absolute atomic E-state index is 0.0656. The van der Waals surface area contributed by atoms with E-state index in [-0.39, 0.29) is 16.0 Å². The van der Waals surface area contributed by atoms with Crippen LogP contribution < -0.4 is 16.0 Å². The lowest BCUT2D eigenvalue weighted by Crippen LogP contribution is -2.18. The minimum atomic E-state index is -3.87. The van der Waals surface area contributed by atoms with Gasteiger partial charge in [-0.05, 0) is 6.92 Å². The van der Waals surface area contributed by atoms with E-state index < -0.39 is 10.0 Å². The van der Waals surface area contributed by atoms with Crippen molar-refractivity contribution in [3.8, 4) is 0 Å². The first-order valence-electron chi connectivity index (χ1n) is 5.26. The zero-order valence-corrected chi connectivity index (χ0v) is 12.5. The van der Waals surface area contributed by atoms with Gasteiger partial charge in [-0.1, -0.05) is 0 Å². The zero-order valence-electron chi connectivity index (χ0n) is 10.1. The van der Waals surface area contributed by atoms with Gasteiger partial charge in [-0.15, -0.1) is 11.3 Å². The molecule has 0 amide bonds. The highest BCUT2D eigenvalue weighted by molar-refractivity contribution is 7.93. The molecule has 106 valence electrons. The third kappa shape index (κ3) is 2.11. The smallest absolute Gasteiger partial charge is 0.283 e. The fraction of sp³-hybridized carbons (Fsp3) is 0.125. The van der Waals surface area contributed by atoms with E-state index in [0.29, 0.717) is 10.8 Å². The number of anilines is 2. The quantitative estimate of drug-likeness (QED) is 0.473. The molecular formula is C8H9N7O2S3. The van der Waals surface area contributed by atoms with E-state index in [1.54, 1.807) is 18.5 Å². The fourth-order valence-corrected chi connectivity index (χ4v) is 4.44. The normalized spacial score (nSPS) is 11.9. The molecule has 0 aliphatic heterocycles. The number of nitrogen functional groups attached to an aromatic ring is 1. The number of thiazole rings is 1. The van der Waals surface area contributed by atoms with Crippen LogP contribution in [-0.4, -0.2) is 27.2 Å². The van der Waals surface area contributed by atoms with Crippen LogP contribution in [0.3, 0.4) is 0 Å². The van der Waals surface area contributed by atoms with Crippen LogP contribution in [0, 0.1) is 6.92 Å². The highest BCUT2D eigenvalue weighted by atomic mass is 32.2. The molecule has 0 radical (unpaired) electrons. The molecule has 3 rings (SSSR count). The van der Waals surface area contributed by atoms with Crippen molar-refractivity contribution in [2.75, 3.05) is 10.1 Å². The Hall–Kier alpha value is -1.76. The number of nitrogens with two attached hydrogens (primary N) is 1. The summed E-state index contributed by atoms with van der Waals surface area (Å²) in [5, 5.41) is 1.86. The SMILES string of the molecule is Cc1nsc(NS(=O)(=O)c2c(NN)nc3sccn23)n1. The number of nitrogens with one attached hydrogen (secondary N) is 2. The summed E-state index contributed by atoms with van der Waals surface area (Å²) in [6.07, 6.45) is 1.60. The Morgan fingerprint density at radius 3 is 2.85 bits per heavy atom. The summed E-state index contributed by atoms with van der Waals surface area (Å²) in [4.78, 5) is 8.59. The maximum Gasteiger partial charge on any atom is 0.283 e. The molecule has 4 N–H and O–H groups in total.